The summed E-state index contributed by atoms with van der Waals surface area (Å²) in [6, 6.07) is 9.76. The molecule has 0 amide bonds. The highest BCUT2D eigenvalue weighted by Crippen LogP contribution is 2.37. The molecule has 1 atom stereocenters. The molecule has 0 saturated carbocycles. The van der Waals surface area contributed by atoms with Crippen molar-refractivity contribution in [3.8, 4) is 5.75 Å². The van der Waals surface area contributed by atoms with Gasteiger partial charge in [-0.3, -0.25) is 9.80 Å². The predicted octanol–water partition coefficient (Wildman–Crippen LogP) is 3.98. The Kier molecular flexibility index (Phi) is 6.31. The fourth-order valence-corrected chi connectivity index (χ4v) is 4.45. The number of aldehydes is 1. The van der Waals surface area contributed by atoms with Gasteiger partial charge in [0.15, 0.2) is 0 Å². The summed E-state index contributed by atoms with van der Waals surface area (Å²) in [6.07, 6.45) is -3.77. The Balaban J connectivity index is 1.48. The van der Waals surface area contributed by atoms with E-state index < -0.39 is 6.36 Å². The van der Waals surface area contributed by atoms with Crippen molar-refractivity contribution in [3.05, 3.63) is 64.2 Å². The lowest BCUT2D eigenvalue weighted by atomic mass is 9.96. The lowest BCUT2D eigenvalue weighted by Crippen LogP contribution is -2.35. The maximum atomic E-state index is 12.4. The molecule has 166 valence electrons. The Morgan fingerprint density at radius 2 is 1.81 bits per heavy atom. The number of fused-ring (bicyclic) bond motifs is 1. The summed E-state index contributed by atoms with van der Waals surface area (Å²) in [5.41, 5.74) is 5.31. The second-order valence-electron chi connectivity index (χ2n) is 8.05. The van der Waals surface area contributed by atoms with Crippen molar-refractivity contribution in [3.63, 3.8) is 0 Å². The van der Waals surface area contributed by atoms with E-state index in [4.69, 9.17) is 4.74 Å². The fraction of sp³-hybridized carbons (Fsp3) is 0.435. The van der Waals surface area contributed by atoms with E-state index in [-0.39, 0.29) is 11.8 Å². The average molecular weight is 434 g/mol. The van der Waals surface area contributed by atoms with E-state index in [1.807, 2.05) is 11.8 Å². The molecular weight excluding hydrogens is 409 g/mol. The number of benzene rings is 2. The van der Waals surface area contributed by atoms with Gasteiger partial charge >= 0.3 is 6.36 Å². The highest BCUT2D eigenvalue weighted by atomic mass is 19.4. The van der Waals surface area contributed by atoms with Crippen LogP contribution in [-0.2, 0) is 29.2 Å². The second-order valence-corrected chi connectivity index (χ2v) is 8.05. The van der Waals surface area contributed by atoms with Crippen molar-refractivity contribution in [1.29, 1.82) is 0 Å². The molecule has 0 spiro atoms. The fourth-order valence-electron chi connectivity index (χ4n) is 4.45. The molecule has 8 heteroatoms. The van der Waals surface area contributed by atoms with Crippen LogP contribution in [0.4, 0.5) is 13.2 Å². The van der Waals surface area contributed by atoms with Crippen LogP contribution in [0.1, 0.15) is 33.9 Å². The van der Waals surface area contributed by atoms with E-state index in [1.54, 1.807) is 12.1 Å². The number of carbonyl (C=O) groups is 1. The van der Waals surface area contributed by atoms with Crippen LogP contribution in [0.2, 0.25) is 0 Å². The smallest absolute Gasteiger partial charge is 0.406 e. The van der Waals surface area contributed by atoms with Crippen molar-refractivity contribution >= 4 is 6.29 Å². The van der Waals surface area contributed by atoms with Gasteiger partial charge in [-0.1, -0.05) is 24.3 Å². The Bertz CT molecular complexity index is 925. The summed E-state index contributed by atoms with van der Waals surface area (Å²) >= 11 is 0. The third-order valence-corrected chi connectivity index (χ3v) is 5.78. The van der Waals surface area contributed by atoms with Crippen molar-refractivity contribution in [2.45, 2.75) is 39.0 Å². The van der Waals surface area contributed by atoms with Gasteiger partial charge in [-0.25, -0.2) is 0 Å². The summed E-state index contributed by atoms with van der Waals surface area (Å²) in [5, 5.41) is 0. The summed E-state index contributed by atoms with van der Waals surface area (Å²) in [4.78, 5) is 16.3. The summed E-state index contributed by atoms with van der Waals surface area (Å²) < 4.78 is 46.4. The number of aryl methyl sites for hydroxylation is 1. The van der Waals surface area contributed by atoms with Crippen LogP contribution >= 0.6 is 0 Å². The van der Waals surface area contributed by atoms with Gasteiger partial charge < -0.3 is 14.3 Å². The zero-order valence-corrected chi connectivity index (χ0v) is 17.3. The molecule has 2 aliphatic rings. The summed E-state index contributed by atoms with van der Waals surface area (Å²) in [6.45, 7) is 7.28. The first-order valence-electron chi connectivity index (χ1n) is 10.3. The van der Waals surface area contributed by atoms with Gasteiger partial charge in [0.25, 0.3) is 0 Å². The molecule has 2 aromatic carbocycles. The highest BCUT2D eigenvalue weighted by molar-refractivity contribution is 5.66. The van der Waals surface area contributed by atoms with Gasteiger partial charge in [0.1, 0.15) is 12.0 Å². The van der Waals surface area contributed by atoms with Gasteiger partial charge in [0, 0.05) is 32.7 Å². The topological polar surface area (TPSA) is 42.0 Å². The Morgan fingerprint density at radius 1 is 1.10 bits per heavy atom. The molecule has 0 bridgehead atoms. The molecule has 0 radical (unpaired) electrons. The molecule has 31 heavy (non-hydrogen) atoms. The SMILES string of the molecule is Cc1cc(CN2CCOCC2)cc2c1C(C=O)N(Cc1ccc(OC(F)(F)F)cc1)C2. The van der Waals surface area contributed by atoms with E-state index in [9.17, 15) is 18.0 Å². The normalized spacial score (nSPS) is 19.9. The molecule has 0 N–H and O–H groups in total. The standard InChI is InChI=1S/C23H25F3N2O3/c1-16-10-18(12-27-6-8-30-9-7-27)11-19-14-28(21(15-29)22(16)19)13-17-2-4-20(5-3-17)31-23(24,25)26/h2-5,10-11,15,21H,6-9,12-14H2,1H3. The zero-order chi connectivity index (χ0) is 22.0. The monoisotopic (exact) mass is 434 g/mol. The highest BCUT2D eigenvalue weighted by Gasteiger charge is 2.33. The minimum Gasteiger partial charge on any atom is -0.406 e. The van der Waals surface area contributed by atoms with Crippen LogP contribution in [0.3, 0.4) is 0 Å². The Hall–Kier alpha value is -2.42. The lowest BCUT2D eigenvalue weighted by Gasteiger charge is -2.27. The first-order valence-corrected chi connectivity index (χ1v) is 10.3. The number of ether oxygens (including phenoxy) is 2. The maximum Gasteiger partial charge on any atom is 0.573 e. The molecule has 2 aliphatic heterocycles. The lowest BCUT2D eigenvalue weighted by molar-refractivity contribution is -0.274. The van der Waals surface area contributed by atoms with Crippen LogP contribution < -0.4 is 4.74 Å². The molecule has 0 aliphatic carbocycles. The molecule has 2 aromatic rings. The number of nitrogens with zero attached hydrogens (tertiary/aromatic N) is 2. The minimum absolute atomic E-state index is 0.253. The number of halogens is 3. The maximum absolute atomic E-state index is 12.4. The van der Waals surface area contributed by atoms with Crippen molar-refractivity contribution in [1.82, 2.24) is 9.80 Å². The van der Waals surface area contributed by atoms with Gasteiger partial charge in [-0.2, -0.15) is 0 Å². The number of morpholine rings is 1. The van der Waals surface area contributed by atoms with Crippen LogP contribution in [-0.4, -0.2) is 48.8 Å². The number of alkyl halides is 3. The van der Waals surface area contributed by atoms with Crippen molar-refractivity contribution in [2.75, 3.05) is 26.3 Å². The molecular formula is C23H25F3N2O3. The van der Waals surface area contributed by atoms with Gasteiger partial charge in [0.05, 0.1) is 19.3 Å². The molecule has 4 rings (SSSR count). The third-order valence-electron chi connectivity index (χ3n) is 5.78. The van der Waals surface area contributed by atoms with Crippen LogP contribution in [0.25, 0.3) is 0 Å². The largest absolute Gasteiger partial charge is 0.573 e. The summed E-state index contributed by atoms with van der Waals surface area (Å²) in [7, 11) is 0. The van der Waals surface area contributed by atoms with Gasteiger partial charge in [-0.05, 0) is 46.9 Å². The first-order chi connectivity index (χ1) is 14.8. The Labute approximate surface area is 179 Å². The van der Waals surface area contributed by atoms with E-state index in [1.165, 1.54) is 17.7 Å². The number of hydrogen-bond acceptors (Lipinski definition) is 5. The molecule has 1 saturated heterocycles. The first kappa shape index (κ1) is 21.8. The zero-order valence-electron chi connectivity index (χ0n) is 17.3. The van der Waals surface area contributed by atoms with E-state index in [0.29, 0.717) is 13.1 Å². The van der Waals surface area contributed by atoms with Crippen molar-refractivity contribution < 1.29 is 27.4 Å². The third kappa shape index (κ3) is 5.26. The molecule has 2 heterocycles. The number of rotatable bonds is 6. The van der Waals surface area contributed by atoms with Crippen LogP contribution in [0, 0.1) is 6.92 Å². The van der Waals surface area contributed by atoms with E-state index >= 15 is 0 Å². The molecule has 5 nitrogen and oxygen atoms in total. The van der Waals surface area contributed by atoms with Crippen LogP contribution in [0.5, 0.6) is 5.75 Å². The summed E-state index contributed by atoms with van der Waals surface area (Å²) in [5.74, 6) is -0.253. The van der Waals surface area contributed by atoms with E-state index in [0.717, 1.165) is 61.4 Å². The average Bonchev–Trinajstić information content (AvgIpc) is 3.06. The predicted molar refractivity (Wildman–Crippen MR) is 108 cm³/mol. The number of carbonyl (C=O) groups excluding carboxylic acids is 1. The van der Waals surface area contributed by atoms with Gasteiger partial charge in [-0.15, -0.1) is 13.2 Å². The van der Waals surface area contributed by atoms with Crippen LogP contribution in [0.15, 0.2) is 36.4 Å². The van der Waals surface area contributed by atoms with Gasteiger partial charge in [0.2, 0.25) is 0 Å². The second kappa shape index (κ2) is 8.98. The quantitative estimate of drug-likeness (QED) is 0.644. The van der Waals surface area contributed by atoms with Crippen molar-refractivity contribution in [2.24, 2.45) is 0 Å². The minimum atomic E-state index is -4.71. The Morgan fingerprint density at radius 3 is 2.45 bits per heavy atom. The molecule has 1 fully saturated rings. The molecule has 0 aromatic heterocycles. The van der Waals surface area contributed by atoms with E-state index in [2.05, 4.69) is 21.8 Å². The molecule has 1 unspecified atom stereocenters. The number of hydrogen-bond donors (Lipinski definition) is 0.